The first-order chi connectivity index (χ1) is 9.99. The lowest BCUT2D eigenvalue weighted by molar-refractivity contribution is -0.134. The molecule has 2 atom stereocenters. The summed E-state index contributed by atoms with van der Waals surface area (Å²) in [5.74, 6) is 0.0361. The number of hydrogen-bond acceptors (Lipinski definition) is 3. The van der Waals surface area contributed by atoms with Crippen molar-refractivity contribution in [2.24, 2.45) is 0 Å². The number of halogens is 1. The number of Topliss-reactive ketones (excluding diaryl/α,β-unsaturated/α-hetero) is 1. The highest BCUT2D eigenvalue weighted by atomic mass is 35.5. The third-order valence-electron chi connectivity index (χ3n) is 4.09. The van der Waals surface area contributed by atoms with Gasteiger partial charge < -0.3 is 10.2 Å². The van der Waals surface area contributed by atoms with Crippen molar-refractivity contribution in [3.05, 3.63) is 34.9 Å². The molecule has 1 amide bonds. The third-order valence-corrected chi connectivity index (χ3v) is 4.34. The fourth-order valence-electron chi connectivity index (χ4n) is 2.55. The van der Waals surface area contributed by atoms with Crippen LogP contribution in [0.15, 0.2) is 24.3 Å². The van der Waals surface area contributed by atoms with Crippen molar-refractivity contribution in [2.75, 3.05) is 13.1 Å². The molecule has 0 saturated carbocycles. The van der Waals surface area contributed by atoms with E-state index >= 15 is 0 Å². The Balaban J connectivity index is 1.88. The molecule has 21 heavy (non-hydrogen) atoms. The first-order valence-electron chi connectivity index (χ1n) is 7.30. The number of rotatable bonds is 4. The predicted octanol–water partition coefficient (Wildman–Crippen LogP) is 2.51. The Morgan fingerprint density at radius 1 is 1.24 bits per heavy atom. The average molecular weight is 309 g/mol. The van der Waals surface area contributed by atoms with Gasteiger partial charge in [0.25, 0.3) is 0 Å². The van der Waals surface area contributed by atoms with Crippen LogP contribution in [0.3, 0.4) is 0 Å². The quantitative estimate of drug-likeness (QED) is 0.870. The third kappa shape index (κ3) is 4.05. The van der Waals surface area contributed by atoms with E-state index in [1.54, 1.807) is 24.3 Å². The molecule has 1 heterocycles. The molecule has 1 aliphatic heterocycles. The molecule has 1 aromatic rings. The van der Waals surface area contributed by atoms with Crippen LogP contribution in [0.25, 0.3) is 0 Å². The Kier molecular flexibility index (Phi) is 5.37. The minimum Gasteiger partial charge on any atom is -0.337 e. The van der Waals surface area contributed by atoms with Crippen LogP contribution in [0.4, 0.5) is 0 Å². The number of carbonyl (C=O) groups excluding carboxylic acids is 2. The lowest BCUT2D eigenvalue weighted by Gasteiger charge is -2.38. The Morgan fingerprint density at radius 3 is 2.57 bits per heavy atom. The van der Waals surface area contributed by atoms with Gasteiger partial charge in [0.15, 0.2) is 5.78 Å². The summed E-state index contributed by atoms with van der Waals surface area (Å²) in [6.45, 7) is 5.63. The molecule has 2 unspecified atom stereocenters. The number of piperazine rings is 1. The maximum Gasteiger partial charge on any atom is 0.223 e. The molecule has 2 rings (SSSR count). The van der Waals surface area contributed by atoms with E-state index in [9.17, 15) is 9.59 Å². The van der Waals surface area contributed by atoms with Gasteiger partial charge in [-0.1, -0.05) is 11.6 Å². The zero-order valence-electron chi connectivity index (χ0n) is 12.4. The second kappa shape index (κ2) is 7.05. The van der Waals surface area contributed by atoms with Gasteiger partial charge in [-0.3, -0.25) is 9.59 Å². The van der Waals surface area contributed by atoms with Crippen LogP contribution in [0, 0.1) is 0 Å². The summed E-state index contributed by atoms with van der Waals surface area (Å²) in [6, 6.07) is 7.23. The van der Waals surface area contributed by atoms with Gasteiger partial charge in [-0.05, 0) is 38.1 Å². The molecule has 0 bridgehead atoms. The minimum absolute atomic E-state index is 0.0177. The fraction of sp³-hybridized carbons (Fsp3) is 0.500. The van der Waals surface area contributed by atoms with E-state index in [0.29, 0.717) is 17.1 Å². The summed E-state index contributed by atoms with van der Waals surface area (Å²) >= 11 is 5.80. The van der Waals surface area contributed by atoms with Gasteiger partial charge in [-0.15, -0.1) is 0 Å². The lowest BCUT2D eigenvalue weighted by atomic mass is 10.0. The summed E-state index contributed by atoms with van der Waals surface area (Å²) in [5.41, 5.74) is 0.605. The first kappa shape index (κ1) is 16.0. The zero-order chi connectivity index (χ0) is 15.4. The lowest BCUT2D eigenvalue weighted by Crippen LogP contribution is -2.57. The van der Waals surface area contributed by atoms with Crippen molar-refractivity contribution in [1.82, 2.24) is 10.2 Å². The van der Waals surface area contributed by atoms with Gasteiger partial charge >= 0.3 is 0 Å². The molecule has 1 aromatic carbocycles. The molecular weight excluding hydrogens is 288 g/mol. The molecule has 1 aliphatic rings. The zero-order valence-corrected chi connectivity index (χ0v) is 13.2. The van der Waals surface area contributed by atoms with E-state index in [1.165, 1.54) is 0 Å². The fourth-order valence-corrected chi connectivity index (χ4v) is 2.68. The number of amides is 1. The monoisotopic (exact) mass is 308 g/mol. The Hall–Kier alpha value is -1.39. The first-order valence-corrected chi connectivity index (χ1v) is 7.68. The minimum atomic E-state index is -0.0177. The van der Waals surface area contributed by atoms with Crippen LogP contribution in [0.5, 0.6) is 0 Å². The Labute approximate surface area is 130 Å². The van der Waals surface area contributed by atoms with Gasteiger partial charge in [0.1, 0.15) is 0 Å². The molecule has 0 aromatic heterocycles. The number of ketones is 1. The molecule has 4 nitrogen and oxygen atoms in total. The molecule has 0 aliphatic carbocycles. The van der Waals surface area contributed by atoms with Crippen LogP contribution >= 0.6 is 11.6 Å². The van der Waals surface area contributed by atoms with Crippen molar-refractivity contribution in [2.45, 2.75) is 38.8 Å². The van der Waals surface area contributed by atoms with Gasteiger partial charge in [0.05, 0.1) is 0 Å². The van der Waals surface area contributed by atoms with Gasteiger partial charge in [-0.25, -0.2) is 0 Å². The topological polar surface area (TPSA) is 49.4 Å². The summed E-state index contributed by atoms with van der Waals surface area (Å²) in [5, 5.41) is 3.94. The number of nitrogens with zero attached hydrogens (tertiary/aromatic N) is 1. The van der Waals surface area contributed by atoms with Crippen LogP contribution in [-0.2, 0) is 4.79 Å². The van der Waals surface area contributed by atoms with E-state index in [4.69, 9.17) is 11.6 Å². The van der Waals surface area contributed by atoms with Crippen molar-refractivity contribution in [3.63, 3.8) is 0 Å². The molecule has 1 saturated heterocycles. The van der Waals surface area contributed by atoms with Gasteiger partial charge in [0, 0.05) is 48.6 Å². The van der Waals surface area contributed by atoms with Crippen molar-refractivity contribution < 1.29 is 9.59 Å². The van der Waals surface area contributed by atoms with E-state index in [1.807, 2.05) is 11.8 Å². The van der Waals surface area contributed by atoms with E-state index in [0.717, 1.165) is 6.54 Å². The molecular formula is C16H21ClN2O2. The van der Waals surface area contributed by atoms with Crippen LogP contribution in [-0.4, -0.2) is 41.8 Å². The predicted molar refractivity (Wildman–Crippen MR) is 83.7 cm³/mol. The second-order valence-electron chi connectivity index (χ2n) is 5.50. The normalized spacial score (nSPS) is 22.1. The maximum absolute atomic E-state index is 12.3. The highest BCUT2D eigenvalue weighted by Crippen LogP contribution is 2.14. The highest BCUT2D eigenvalue weighted by molar-refractivity contribution is 6.30. The van der Waals surface area contributed by atoms with Crippen molar-refractivity contribution >= 4 is 23.3 Å². The number of hydrogen-bond donors (Lipinski definition) is 1. The summed E-state index contributed by atoms with van der Waals surface area (Å²) in [6.07, 6.45) is 0.504. The number of nitrogens with one attached hydrogen (secondary N) is 1. The standard InChI is InChI=1S/C16H21ClN2O2/c1-11-12(2)19(10-9-18-11)16(21)8-7-15(20)13-3-5-14(17)6-4-13/h3-6,11-12,18H,7-10H2,1-2H3. The van der Waals surface area contributed by atoms with E-state index in [-0.39, 0.29) is 36.6 Å². The smallest absolute Gasteiger partial charge is 0.223 e. The molecule has 0 spiro atoms. The second-order valence-corrected chi connectivity index (χ2v) is 5.94. The Bertz CT molecular complexity index is 516. The van der Waals surface area contributed by atoms with Crippen LogP contribution in [0.1, 0.15) is 37.0 Å². The summed E-state index contributed by atoms with van der Waals surface area (Å²) < 4.78 is 0. The number of benzene rings is 1. The summed E-state index contributed by atoms with van der Waals surface area (Å²) in [7, 11) is 0. The van der Waals surface area contributed by atoms with Crippen LogP contribution < -0.4 is 5.32 Å². The van der Waals surface area contributed by atoms with Crippen molar-refractivity contribution in [3.8, 4) is 0 Å². The van der Waals surface area contributed by atoms with E-state index < -0.39 is 0 Å². The molecule has 1 fully saturated rings. The molecule has 1 N–H and O–H groups in total. The SMILES string of the molecule is CC1NCCN(C(=O)CCC(=O)c2ccc(Cl)cc2)C1C. The van der Waals surface area contributed by atoms with Gasteiger partial charge in [0.2, 0.25) is 5.91 Å². The van der Waals surface area contributed by atoms with E-state index in [2.05, 4.69) is 12.2 Å². The molecule has 0 radical (unpaired) electrons. The maximum atomic E-state index is 12.3. The molecule has 114 valence electrons. The number of carbonyl (C=O) groups is 2. The largest absolute Gasteiger partial charge is 0.337 e. The molecule has 5 heteroatoms. The Morgan fingerprint density at radius 2 is 1.90 bits per heavy atom. The van der Waals surface area contributed by atoms with Crippen LogP contribution in [0.2, 0.25) is 5.02 Å². The summed E-state index contributed by atoms with van der Waals surface area (Å²) in [4.78, 5) is 26.2. The van der Waals surface area contributed by atoms with Gasteiger partial charge in [-0.2, -0.15) is 0 Å². The highest BCUT2D eigenvalue weighted by Gasteiger charge is 2.27. The van der Waals surface area contributed by atoms with Crippen molar-refractivity contribution in [1.29, 1.82) is 0 Å². The average Bonchev–Trinajstić information content (AvgIpc) is 2.48.